The van der Waals surface area contributed by atoms with Gasteiger partial charge in [0.05, 0.1) is 7.11 Å². The largest absolute Gasteiger partial charge is 0.468 e. The zero-order chi connectivity index (χ0) is 15.9. The van der Waals surface area contributed by atoms with Crippen molar-refractivity contribution >= 4 is 17.7 Å². The third kappa shape index (κ3) is 5.36. The van der Waals surface area contributed by atoms with Gasteiger partial charge in [-0.15, -0.1) is 11.8 Å². The minimum absolute atomic E-state index is 0.188. The Morgan fingerprint density at radius 2 is 2.05 bits per heavy atom. The summed E-state index contributed by atoms with van der Waals surface area (Å²) in [6.45, 7) is 6.17. The lowest BCUT2D eigenvalue weighted by atomic mass is 9.95. The van der Waals surface area contributed by atoms with Crippen molar-refractivity contribution in [1.82, 2.24) is 5.32 Å². The lowest BCUT2D eigenvalue weighted by Gasteiger charge is -2.25. The van der Waals surface area contributed by atoms with Gasteiger partial charge in [-0.1, -0.05) is 24.1 Å². The Hall–Kier alpha value is -1.00. The van der Waals surface area contributed by atoms with Crippen LogP contribution >= 0.6 is 11.8 Å². The quantitative estimate of drug-likeness (QED) is 0.451. The second-order valence-electron chi connectivity index (χ2n) is 5.65. The van der Waals surface area contributed by atoms with Crippen molar-refractivity contribution in [2.75, 3.05) is 19.9 Å². The van der Waals surface area contributed by atoms with E-state index in [0.717, 1.165) is 25.0 Å². The van der Waals surface area contributed by atoms with Crippen LogP contribution in [-0.2, 0) is 9.53 Å². The van der Waals surface area contributed by atoms with Gasteiger partial charge in [0.1, 0.15) is 5.54 Å². The van der Waals surface area contributed by atoms with Crippen LogP contribution < -0.4 is 5.32 Å². The summed E-state index contributed by atoms with van der Waals surface area (Å²) in [4.78, 5) is 13.1. The highest BCUT2D eigenvalue weighted by molar-refractivity contribution is 7.99. The average Bonchev–Trinajstić information content (AvgIpc) is 2.47. The second-order valence-corrected chi connectivity index (χ2v) is 6.78. The first-order valence-corrected chi connectivity index (χ1v) is 8.39. The van der Waals surface area contributed by atoms with Gasteiger partial charge in [0.25, 0.3) is 0 Å². The molecule has 0 saturated carbocycles. The van der Waals surface area contributed by atoms with Crippen molar-refractivity contribution in [3.8, 4) is 0 Å². The number of nitrogens with one attached hydrogen (secondary N) is 1. The van der Waals surface area contributed by atoms with Crippen molar-refractivity contribution < 1.29 is 9.53 Å². The SMILES string of the molecule is CNC(C)(CCCCSc1ccc(C)cc1C)C(=O)OC. The summed E-state index contributed by atoms with van der Waals surface area (Å²) in [5.41, 5.74) is 2.08. The Morgan fingerprint density at radius 1 is 1.33 bits per heavy atom. The lowest BCUT2D eigenvalue weighted by molar-refractivity contribution is -0.148. The van der Waals surface area contributed by atoms with Crippen LogP contribution in [0.5, 0.6) is 0 Å². The molecular weight excluding hydrogens is 282 g/mol. The van der Waals surface area contributed by atoms with Crippen LogP contribution in [0.3, 0.4) is 0 Å². The molecule has 1 unspecified atom stereocenters. The van der Waals surface area contributed by atoms with Gasteiger partial charge >= 0.3 is 5.97 Å². The van der Waals surface area contributed by atoms with Crippen LogP contribution in [0.15, 0.2) is 23.1 Å². The number of benzene rings is 1. The van der Waals surface area contributed by atoms with E-state index in [1.54, 1.807) is 7.05 Å². The first-order chi connectivity index (χ1) is 9.92. The van der Waals surface area contributed by atoms with Crippen LogP contribution in [0.1, 0.15) is 37.3 Å². The monoisotopic (exact) mass is 309 g/mol. The summed E-state index contributed by atoms with van der Waals surface area (Å²) in [6, 6.07) is 6.57. The molecule has 0 bridgehead atoms. The van der Waals surface area contributed by atoms with Crippen LogP contribution in [0, 0.1) is 13.8 Å². The van der Waals surface area contributed by atoms with Crippen molar-refractivity contribution in [3.05, 3.63) is 29.3 Å². The molecule has 3 nitrogen and oxygen atoms in total. The van der Waals surface area contributed by atoms with Crippen LogP contribution in [-0.4, -0.2) is 31.4 Å². The topological polar surface area (TPSA) is 38.3 Å². The molecule has 0 aliphatic carbocycles. The van der Waals surface area contributed by atoms with E-state index in [4.69, 9.17) is 4.74 Å². The van der Waals surface area contributed by atoms with Gasteiger partial charge in [-0.25, -0.2) is 0 Å². The summed E-state index contributed by atoms with van der Waals surface area (Å²) in [7, 11) is 3.25. The molecule has 21 heavy (non-hydrogen) atoms. The standard InChI is InChI=1S/C17H27NO2S/c1-13-8-9-15(14(2)12-13)21-11-7-6-10-17(3,18-4)16(19)20-5/h8-9,12,18H,6-7,10-11H2,1-5H3. The average molecular weight is 309 g/mol. The van der Waals surface area contributed by atoms with E-state index in [0.29, 0.717) is 0 Å². The van der Waals surface area contributed by atoms with Crippen molar-refractivity contribution in [2.45, 2.75) is 50.5 Å². The number of unbranched alkanes of at least 4 members (excludes halogenated alkanes) is 1. The van der Waals surface area contributed by atoms with Crippen LogP contribution in [0.4, 0.5) is 0 Å². The third-order valence-electron chi connectivity index (χ3n) is 3.85. The summed E-state index contributed by atoms with van der Waals surface area (Å²) < 4.78 is 4.85. The molecule has 1 aromatic rings. The first kappa shape index (κ1) is 18.1. The molecule has 118 valence electrons. The summed E-state index contributed by atoms with van der Waals surface area (Å²) in [5, 5.41) is 3.07. The van der Waals surface area contributed by atoms with E-state index in [1.807, 2.05) is 18.7 Å². The Kier molecular flexibility index (Phi) is 7.26. The first-order valence-electron chi connectivity index (χ1n) is 7.40. The molecule has 0 saturated heterocycles. The summed E-state index contributed by atoms with van der Waals surface area (Å²) >= 11 is 1.89. The number of ether oxygens (including phenoxy) is 1. The number of aryl methyl sites for hydroxylation is 2. The van der Waals surface area contributed by atoms with Crippen molar-refractivity contribution in [3.63, 3.8) is 0 Å². The van der Waals surface area contributed by atoms with Gasteiger partial charge in [0, 0.05) is 4.90 Å². The zero-order valence-corrected chi connectivity index (χ0v) is 14.6. The van der Waals surface area contributed by atoms with E-state index < -0.39 is 5.54 Å². The molecule has 0 aliphatic rings. The molecule has 0 radical (unpaired) electrons. The predicted molar refractivity (Wildman–Crippen MR) is 90.0 cm³/mol. The summed E-state index contributed by atoms with van der Waals surface area (Å²) in [6.07, 6.45) is 2.89. The van der Waals surface area contributed by atoms with Gasteiger partial charge in [0.2, 0.25) is 0 Å². The van der Waals surface area contributed by atoms with E-state index in [-0.39, 0.29) is 5.97 Å². The van der Waals surface area contributed by atoms with Crippen LogP contribution in [0.25, 0.3) is 0 Å². The number of carbonyl (C=O) groups is 1. The molecule has 0 aliphatic heterocycles. The number of thioether (sulfide) groups is 1. The van der Waals surface area contributed by atoms with E-state index in [9.17, 15) is 4.79 Å². The Labute approximate surface area is 132 Å². The maximum absolute atomic E-state index is 11.7. The number of hydrogen-bond acceptors (Lipinski definition) is 4. The predicted octanol–water partition coefficient (Wildman–Crippen LogP) is 3.72. The highest BCUT2D eigenvalue weighted by Gasteiger charge is 2.31. The fourth-order valence-corrected chi connectivity index (χ4v) is 3.30. The molecule has 1 aromatic carbocycles. The highest BCUT2D eigenvalue weighted by atomic mass is 32.2. The third-order valence-corrected chi connectivity index (χ3v) is 5.11. The van der Waals surface area contributed by atoms with Crippen molar-refractivity contribution in [2.24, 2.45) is 0 Å². The second kappa shape index (κ2) is 8.44. The van der Waals surface area contributed by atoms with Gasteiger partial charge < -0.3 is 10.1 Å². The van der Waals surface area contributed by atoms with Gasteiger partial charge in [-0.05, 0) is 58.0 Å². The molecule has 1 rings (SSSR count). The Morgan fingerprint density at radius 3 is 2.62 bits per heavy atom. The minimum atomic E-state index is -0.570. The molecular formula is C17H27NO2S. The van der Waals surface area contributed by atoms with Crippen molar-refractivity contribution in [1.29, 1.82) is 0 Å². The lowest BCUT2D eigenvalue weighted by Crippen LogP contribution is -2.48. The van der Waals surface area contributed by atoms with E-state index in [2.05, 4.69) is 37.4 Å². The summed E-state index contributed by atoms with van der Waals surface area (Å²) in [5.74, 6) is 0.886. The maximum atomic E-state index is 11.7. The molecule has 0 amide bonds. The zero-order valence-electron chi connectivity index (χ0n) is 13.8. The minimum Gasteiger partial charge on any atom is -0.468 e. The molecule has 0 spiro atoms. The van der Waals surface area contributed by atoms with Gasteiger partial charge in [-0.2, -0.15) is 0 Å². The highest BCUT2D eigenvalue weighted by Crippen LogP contribution is 2.25. The number of hydrogen-bond donors (Lipinski definition) is 1. The smallest absolute Gasteiger partial charge is 0.325 e. The number of methoxy groups -OCH3 is 1. The normalized spacial score (nSPS) is 13.8. The van der Waals surface area contributed by atoms with Crippen LogP contribution in [0.2, 0.25) is 0 Å². The Bertz CT molecular complexity index is 476. The number of likely N-dealkylation sites (N-methyl/N-ethyl adjacent to an activating group) is 1. The van der Waals surface area contributed by atoms with E-state index >= 15 is 0 Å². The molecule has 4 heteroatoms. The number of carbonyl (C=O) groups excluding carboxylic acids is 1. The molecule has 0 fully saturated rings. The molecule has 0 aromatic heterocycles. The number of rotatable bonds is 8. The fourth-order valence-electron chi connectivity index (χ4n) is 2.28. The van der Waals surface area contributed by atoms with E-state index in [1.165, 1.54) is 23.1 Å². The molecule has 1 atom stereocenters. The van der Waals surface area contributed by atoms with Gasteiger partial charge in [-0.3, -0.25) is 4.79 Å². The maximum Gasteiger partial charge on any atom is 0.325 e. The fraction of sp³-hybridized carbons (Fsp3) is 0.588. The number of esters is 1. The molecule has 1 N–H and O–H groups in total. The Balaban J connectivity index is 2.36. The van der Waals surface area contributed by atoms with Gasteiger partial charge in [0.15, 0.2) is 0 Å². The molecule has 0 heterocycles.